The second-order valence-corrected chi connectivity index (χ2v) is 5.70. The van der Waals surface area contributed by atoms with E-state index in [1.807, 2.05) is 0 Å². The molecule has 84 valence electrons. The Labute approximate surface area is 105 Å². The van der Waals surface area contributed by atoms with E-state index in [0.717, 1.165) is 6.04 Å². The Hall–Kier alpha value is -0.600. The van der Waals surface area contributed by atoms with Crippen LogP contribution in [0, 0.1) is 0 Å². The molecule has 1 aromatic carbocycles. The molecule has 0 aliphatic carbocycles. The van der Waals surface area contributed by atoms with E-state index in [2.05, 4.69) is 64.3 Å². The molecule has 2 aliphatic heterocycles. The Morgan fingerprint density at radius 3 is 3.00 bits per heavy atom. The standard InChI is InChI=1S/C14H16BrN/c1-16-11-5-4-9-14(16,10-8-11)12-6-2-3-7-13(12)15/h2-4,6-7,9,11H,5,8,10H2,1H3. The zero-order valence-corrected chi connectivity index (χ0v) is 11.1. The molecule has 2 heterocycles. The normalized spacial score (nSPS) is 33.2. The SMILES string of the molecule is CN1C2CC=CC1(c1ccccc1Br)CC2. The molecule has 2 atom stereocenters. The minimum Gasteiger partial charge on any atom is -0.290 e. The summed E-state index contributed by atoms with van der Waals surface area (Å²) in [5.74, 6) is 0. The zero-order chi connectivity index (χ0) is 11.2. The van der Waals surface area contributed by atoms with Gasteiger partial charge in [0, 0.05) is 10.5 Å². The van der Waals surface area contributed by atoms with Crippen molar-refractivity contribution in [3.63, 3.8) is 0 Å². The first kappa shape index (κ1) is 10.5. The van der Waals surface area contributed by atoms with Crippen molar-refractivity contribution in [2.24, 2.45) is 0 Å². The van der Waals surface area contributed by atoms with Gasteiger partial charge < -0.3 is 0 Å². The van der Waals surface area contributed by atoms with Crippen molar-refractivity contribution in [1.29, 1.82) is 0 Å². The Balaban J connectivity index is 2.15. The number of rotatable bonds is 1. The lowest BCUT2D eigenvalue weighted by atomic mass is 9.86. The number of halogens is 1. The van der Waals surface area contributed by atoms with Crippen molar-refractivity contribution in [2.45, 2.75) is 30.8 Å². The Bertz CT molecular complexity index is 440. The van der Waals surface area contributed by atoms with Crippen LogP contribution < -0.4 is 0 Å². The van der Waals surface area contributed by atoms with E-state index in [1.165, 1.54) is 29.3 Å². The molecule has 0 amide bonds. The number of fused-ring (bicyclic) bond motifs is 2. The number of nitrogens with zero attached hydrogens (tertiary/aromatic N) is 1. The number of hydrogen-bond acceptors (Lipinski definition) is 1. The molecule has 0 spiro atoms. The van der Waals surface area contributed by atoms with Gasteiger partial charge in [0.15, 0.2) is 0 Å². The lowest BCUT2D eigenvalue weighted by Crippen LogP contribution is -2.43. The largest absolute Gasteiger partial charge is 0.290 e. The predicted octanol–water partition coefficient (Wildman–Crippen LogP) is 3.70. The van der Waals surface area contributed by atoms with E-state index in [-0.39, 0.29) is 5.54 Å². The van der Waals surface area contributed by atoms with Crippen LogP contribution in [-0.2, 0) is 5.54 Å². The van der Waals surface area contributed by atoms with Crippen LogP contribution in [0.2, 0.25) is 0 Å². The highest BCUT2D eigenvalue weighted by atomic mass is 79.9. The first-order valence-corrected chi connectivity index (χ1v) is 6.69. The van der Waals surface area contributed by atoms with Gasteiger partial charge in [-0.05, 0) is 37.9 Å². The highest BCUT2D eigenvalue weighted by Crippen LogP contribution is 2.47. The summed E-state index contributed by atoms with van der Waals surface area (Å²) in [6.45, 7) is 0. The van der Waals surface area contributed by atoms with Crippen LogP contribution in [0.25, 0.3) is 0 Å². The van der Waals surface area contributed by atoms with E-state index in [4.69, 9.17) is 0 Å². The lowest BCUT2D eigenvalue weighted by Gasteiger charge is -2.40. The molecule has 3 rings (SSSR count). The maximum absolute atomic E-state index is 3.69. The maximum Gasteiger partial charge on any atom is 0.0657 e. The van der Waals surface area contributed by atoms with Gasteiger partial charge in [-0.15, -0.1) is 0 Å². The molecule has 1 aromatic rings. The molecule has 1 nitrogen and oxygen atoms in total. The fraction of sp³-hybridized carbons (Fsp3) is 0.429. The Morgan fingerprint density at radius 2 is 2.19 bits per heavy atom. The quantitative estimate of drug-likeness (QED) is 0.708. The third kappa shape index (κ3) is 1.33. The van der Waals surface area contributed by atoms with Crippen molar-refractivity contribution >= 4 is 15.9 Å². The van der Waals surface area contributed by atoms with Gasteiger partial charge in [0.1, 0.15) is 0 Å². The monoisotopic (exact) mass is 277 g/mol. The molecule has 0 aromatic heterocycles. The maximum atomic E-state index is 3.69. The number of likely N-dealkylation sites (N-methyl/N-ethyl adjacent to an activating group) is 1. The van der Waals surface area contributed by atoms with Gasteiger partial charge in [-0.2, -0.15) is 0 Å². The van der Waals surface area contributed by atoms with Crippen LogP contribution in [0.4, 0.5) is 0 Å². The molecule has 2 unspecified atom stereocenters. The van der Waals surface area contributed by atoms with Gasteiger partial charge in [0.2, 0.25) is 0 Å². The molecule has 0 saturated carbocycles. The first-order chi connectivity index (χ1) is 7.74. The predicted molar refractivity (Wildman–Crippen MR) is 70.4 cm³/mol. The zero-order valence-electron chi connectivity index (χ0n) is 9.49. The highest BCUT2D eigenvalue weighted by Gasteiger charge is 2.45. The molecule has 1 fully saturated rings. The molecule has 2 heteroatoms. The van der Waals surface area contributed by atoms with E-state index in [0.29, 0.717) is 0 Å². The summed E-state index contributed by atoms with van der Waals surface area (Å²) in [4.78, 5) is 2.55. The molecule has 2 bridgehead atoms. The summed E-state index contributed by atoms with van der Waals surface area (Å²) < 4.78 is 1.23. The topological polar surface area (TPSA) is 3.24 Å². The van der Waals surface area contributed by atoms with Gasteiger partial charge in [-0.25, -0.2) is 0 Å². The summed E-state index contributed by atoms with van der Waals surface area (Å²) in [5.41, 5.74) is 1.55. The van der Waals surface area contributed by atoms with Gasteiger partial charge in [0.05, 0.1) is 5.54 Å². The van der Waals surface area contributed by atoms with Gasteiger partial charge in [-0.1, -0.05) is 46.3 Å². The molecular weight excluding hydrogens is 262 g/mol. The summed E-state index contributed by atoms with van der Waals surface area (Å²) >= 11 is 3.69. The van der Waals surface area contributed by atoms with Gasteiger partial charge in [0.25, 0.3) is 0 Å². The summed E-state index contributed by atoms with van der Waals surface area (Å²) in [6.07, 6.45) is 8.52. The minimum atomic E-state index is 0.142. The van der Waals surface area contributed by atoms with Crippen molar-refractivity contribution in [2.75, 3.05) is 7.05 Å². The fourth-order valence-corrected chi connectivity index (χ4v) is 3.83. The third-order valence-corrected chi connectivity index (χ3v) is 4.87. The fourth-order valence-electron chi connectivity index (χ4n) is 3.21. The van der Waals surface area contributed by atoms with Crippen LogP contribution in [0.5, 0.6) is 0 Å². The summed E-state index contributed by atoms with van der Waals surface area (Å²) in [6, 6.07) is 9.35. The second kappa shape index (κ2) is 3.71. The second-order valence-electron chi connectivity index (χ2n) is 4.85. The summed E-state index contributed by atoms with van der Waals surface area (Å²) in [5, 5.41) is 0. The highest BCUT2D eigenvalue weighted by molar-refractivity contribution is 9.10. The molecule has 0 N–H and O–H groups in total. The van der Waals surface area contributed by atoms with Crippen molar-refractivity contribution in [3.05, 3.63) is 46.5 Å². The molecule has 2 aliphatic rings. The minimum absolute atomic E-state index is 0.142. The van der Waals surface area contributed by atoms with Crippen LogP contribution in [0.15, 0.2) is 40.9 Å². The van der Waals surface area contributed by atoms with Crippen LogP contribution >= 0.6 is 15.9 Å². The average molecular weight is 278 g/mol. The Morgan fingerprint density at radius 1 is 1.38 bits per heavy atom. The van der Waals surface area contributed by atoms with Crippen molar-refractivity contribution < 1.29 is 0 Å². The number of hydrogen-bond donors (Lipinski definition) is 0. The molecule has 0 radical (unpaired) electrons. The van der Waals surface area contributed by atoms with E-state index in [9.17, 15) is 0 Å². The average Bonchev–Trinajstić information content (AvgIpc) is 2.52. The van der Waals surface area contributed by atoms with Crippen LogP contribution in [0.3, 0.4) is 0 Å². The van der Waals surface area contributed by atoms with E-state index < -0.39 is 0 Å². The van der Waals surface area contributed by atoms with Gasteiger partial charge >= 0.3 is 0 Å². The molecule has 16 heavy (non-hydrogen) atoms. The van der Waals surface area contributed by atoms with Crippen molar-refractivity contribution in [3.8, 4) is 0 Å². The van der Waals surface area contributed by atoms with Crippen LogP contribution in [-0.4, -0.2) is 18.0 Å². The van der Waals surface area contributed by atoms with E-state index >= 15 is 0 Å². The first-order valence-electron chi connectivity index (χ1n) is 5.90. The molecular formula is C14H16BrN. The number of benzene rings is 1. The molecule has 1 saturated heterocycles. The summed E-state index contributed by atoms with van der Waals surface area (Å²) in [7, 11) is 2.26. The van der Waals surface area contributed by atoms with Crippen LogP contribution in [0.1, 0.15) is 24.8 Å². The van der Waals surface area contributed by atoms with Gasteiger partial charge in [-0.3, -0.25) is 4.90 Å². The lowest BCUT2D eigenvalue weighted by molar-refractivity contribution is 0.167. The third-order valence-electron chi connectivity index (χ3n) is 4.18. The Kier molecular flexibility index (Phi) is 2.45. The smallest absolute Gasteiger partial charge is 0.0657 e. The van der Waals surface area contributed by atoms with Crippen molar-refractivity contribution in [1.82, 2.24) is 4.90 Å². The van der Waals surface area contributed by atoms with E-state index in [1.54, 1.807) is 0 Å².